The predicted octanol–water partition coefficient (Wildman–Crippen LogP) is 5.12. The van der Waals surface area contributed by atoms with E-state index in [9.17, 15) is 4.39 Å². The normalized spacial score (nSPS) is 10.8. The molecule has 2 aromatic carbocycles. The minimum absolute atomic E-state index is 0.276. The lowest BCUT2D eigenvalue weighted by Crippen LogP contribution is -1.99. The lowest BCUT2D eigenvalue weighted by molar-refractivity contribution is 0.634. The van der Waals surface area contributed by atoms with Gasteiger partial charge in [0.1, 0.15) is 5.69 Å². The van der Waals surface area contributed by atoms with Crippen LogP contribution < -0.4 is 11.1 Å². The van der Waals surface area contributed by atoms with Gasteiger partial charge in [-0.05, 0) is 52.3 Å². The summed E-state index contributed by atoms with van der Waals surface area (Å²) in [6, 6.07) is 10.1. The van der Waals surface area contributed by atoms with Crippen LogP contribution in [0.25, 0.3) is 10.9 Å². The number of pyridine rings is 1. The van der Waals surface area contributed by atoms with Gasteiger partial charge in [0, 0.05) is 27.4 Å². The minimum Gasteiger partial charge on any atom is -0.398 e. The molecular formula is C15H10BrClFN3. The molecule has 0 saturated heterocycles. The largest absolute Gasteiger partial charge is 0.398 e. The van der Waals surface area contributed by atoms with Crippen LogP contribution in [-0.4, -0.2) is 4.98 Å². The third-order valence-corrected chi connectivity index (χ3v) is 4.30. The van der Waals surface area contributed by atoms with Crippen LogP contribution in [0.5, 0.6) is 0 Å². The molecule has 0 unspecified atom stereocenters. The zero-order valence-corrected chi connectivity index (χ0v) is 13.0. The van der Waals surface area contributed by atoms with E-state index in [1.54, 1.807) is 36.5 Å². The summed E-state index contributed by atoms with van der Waals surface area (Å²) in [5, 5.41) is 4.25. The van der Waals surface area contributed by atoms with Crippen molar-refractivity contribution in [1.82, 2.24) is 4.98 Å². The van der Waals surface area contributed by atoms with Crippen molar-refractivity contribution >= 4 is 55.5 Å². The SMILES string of the molecule is Nc1cc(F)c(Nc2ccc(Br)c(Cl)c2)c2ncccc12. The Balaban J connectivity index is 2.14. The number of rotatable bonds is 2. The molecule has 0 aliphatic rings. The fourth-order valence-electron chi connectivity index (χ4n) is 2.07. The first kappa shape index (κ1) is 14.1. The average Bonchev–Trinajstić information content (AvgIpc) is 2.47. The van der Waals surface area contributed by atoms with Crippen LogP contribution in [0.1, 0.15) is 0 Å². The van der Waals surface area contributed by atoms with Crippen LogP contribution in [0.4, 0.5) is 21.5 Å². The van der Waals surface area contributed by atoms with E-state index < -0.39 is 5.82 Å². The molecular weight excluding hydrogens is 357 g/mol. The molecule has 0 atom stereocenters. The molecule has 3 N–H and O–H groups in total. The molecule has 0 bridgehead atoms. The number of halogens is 3. The van der Waals surface area contributed by atoms with Gasteiger partial charge in [-0.3, -0.25) is 4.98 Å². The van der Waals surface area contributed by atoms with Crippen molar-refractivity contribution in [3.05, 3.63) is 57.9 Å². The van der Waals surface area contributed by atoms with Gasteiger partial charge in [0.2, 0.25) is 0 Å². The maximum absolute atomic E-state index is 14.2. The molecule has 1 heterocycles. The fraction of sp³-hybridized carbons (Fsp3) is 0. The highest BCUT2D eigenvalue weighted by Gasteiger charge is 2.12. The van der Waals surface area contributed by atoms with Gasteiger partial charge in [-0.1, -0.05) is 11.6 Å². The Morgan fingerprint density at radius 1 is 1.24 bits per heavy atom. The Hall–Kier alpha value is -1.85. The van der Waals surface area contributed by atoms with E-state index >= 15 is 0 Å². The lowest BCUT2D eigenvalue weighted by atomic mass is 10.1. The molecule has 0 aliphatic carbocycles. The first-order valence-electron chi connectivity index (χ1n) is 6.11. The van der Waals surface area contributed by atoms with Gasteiger partial charge in [0.15, 0.2) is 5.82 Å². The fourth-order valence-corrected chi connectivity index (χ4v) is 2.50. The highest BCUT2D eigenvalue weighted by Crippen LogP contribution is 2.33. The van der Waals surface area contributed by atoms with E-state index in [0.29, 0.717) is 27.3 Å². The van der Waals surface area contributed by atoms with Gasteiger partial charge >= 0.3 is 0 Å². The maximum Gasteiger partial charge on any atom is 0.150 e. The number of hydrogen-bond donors (Lipinski definition) is 2. The number of nitrogens with one attached hydrogen (secondary N) is 1. The summed E-state index contributed by atoms with van der Waals surface area (Å²) in [5.74, 6) is -0.460. The summed E-state index contributed by atoms with van der Waals surface area (Å²) in [4.78, 5) is 4.21. The molecule has 0 spiro atoms. The van der Waals surface area contributed by atoms with Crippen molar-refractivity contribution in [2.45, 2.75) is 0 Å². The van der Waals surface area contributed by atoms with E-state index in [-0.39, 0.29) is 5.69 Å². The van der Waals surface area contributed by atoms with Crippen LogP contribution in [-0.2, 0) is 0 Å². The van der Waals surface area contributed by atoms with Gasteiger partial charge in [0.25, 0.3) is 0 Å². The van der Waals surface area contributed by atoms with Crippen LogP contribution in [0.3, 0.4) is 0 Å². The Labute approximate surface area is 134 Å². The number of fused-ring (bicyclic) bond motifs is 1. The van der Waals surface area contributed by atoms with E-state index in [1.165, 1.54) is 6.07 Å². The number of nitrogens with two attached hydrogens (primary N) is 1. The third-order valence-electron chi connectivity index (χ3n) is 3.07. The molecule has 0 fully saturated rings. The molecule has 3 aromatic rings. The van der Waals surface area contributed by atoms with Gasteiger partial charge in [-0.25, -0.2) is 4.39 Å². The monoisotopic (exact) mass is 365 g/mol. The average molecular weight is 367 g/mol. The molecule has 106 valence electrons. The summed E-state index contributed by atoms with van der Waals surface area (Å²) < 4.78 is 15.0. The molecule has 1 aromatic heterocycles. The summed E-state index contributed by atoms with van der Waals surface area (Å²) in [6.45, 7) is 0. The Kier molecular flexibility index (Phi) is 3.69. The van der Waals surface area contributed by atoms with Gasteiger partial charge in [-0.15, -0.1) is 0 Å². The first-order chi connectivity index (χ1) is 10.1. The van der Waals surface area contributed by atoms with Gasteiger partial charge < -0.3 is 11.1 Å². The highest BCUT2D eigenvalue weighted by atomic mass is 79.9. The molecule has 0 radical (unpaired) electrons. The summed E-state index contributed by atoms with van der Waals surface area (Å²) >= 11 is 9.36. The molecule has 21 heavy (non-hydrogen) atoms. The summed E-state index contributed by atoms with van der Waals surface area (Å²) in [6.07, 6.45) is 1.60. The van der Waals surface area contributed by atoms with Crippen LogP contribution in [0, 0.1) is 5.82 Å². The van der Waals surface area contributed by atoms with Crippen molar-refractivity contribution in [3.8, 4) is 0 Å². The van der Waals surface area contributed by atoms with E-state index in [1.807, 2.05) is 0 Å². The second kappa shape index (κ2) is 5.50. The number of hydrogen-bond acceptors (Lipinski definition) is 3. The standard InChI is InChI=1S/C15H10BrClFN3/c16-10-4-3-8(6-11(10)17)21-15-12(18)7-13(19)9-2-1-5-20-14(9)15/h1-7,21H,19H2. The molecule has 6 heteroatoms. The topological polar surface area (TPSA) is 50.9 Å². The summed E-state index contributed by atoms with van der Waals surface area (Å²) in [5.41, 5.74) is 7.61. The van der Waals surface area contributed by atoms with Crippen LogP contribution in [0.2, 0.25) is 5.02 Å². The number of benzene rings is 2. The van der Waals surface area contributed by atoms with E-state index in [4.69, 9.17) is 17.3 Å². The zero-order valence-electron chi connectivity index (χ0n) is 10.7. The second-order valence-corrected chi connectivity index (χ2v) is 5.74. The van der Waals surface area contributed by atoms with Crippen molar-refractivity contribution < 1.29 is 4.39 Å². The number of aromatic nitrogens is 1. The van der Waals surface area contributed by atoms with E-state index in [2.05, 4.69) is 26.2 Å². The van der Waals surface area contributed by atoms with Crippen LogP contribution >= 0.6 is 27.5 Å². The minimum atomic E-state index is -0.460. The Morgan fingerprint density at radius 3 is 2.81 bits per heavy atom. The number of nitrogen functional groups attached to an aromatic ring is 1. The molecule has 3 nitrogen and oxygen atoms in total. The van der Waals surface area contributed by atoms with Gasteiger partial charge in [0.05, 0.1) is 10.5 Å². The third kappa shape index (κ3) is 2.66. The Morgan fingerprint density at radius 2 is 2.05 bits per heavy atom. The summed E-state index contributed by atoms with van der Waals surface area (Å²) in [7, 11) is 0. The molecule has 3 rings (SSSR count). The van der Waals surface area contributed by atoms with Crippen molar-refractivity contribution in [2.24, 2.45) is 0 Å². The first-order valence-corrected chi connectivity index (χ1v) is 7.28. The maximum atomic E-state index is 14.2. The quantitative estimate of drug-likeness (QED) is 0.619. The van der Waals surface area contributed by atoms with Gasteiger partial charge in [-0.2, -0.15) is 0 Å². The highest BCUT2D eigenvalue weighted by molar-refractivity contribution is 9.10. The Bertz CT molecular complexity index is 839. The molecule has 0 amide bonds. The second-order valence-electron chi connectivity index (χ2n) is 4.48. The van der Waals surface area contributed by atoms with Crippen LogP contribution in [0.15, 0.2) is 47.1 Å². The molecule has 0 aliphatic heterocycles. The van der Waals surface area contributed by atoms with Crippen molar-refractivity contribution in [2.75, 3.05) is 11.1 Å². The number of anilines is 3. The van der Waals surface area contributed by atoms with Crippen molar-refractivity contribution in [3.63, 3.8) is 0 Å². The zero-order chi connectivity index (χ0) is 15.0. The van der Waals surface area contributed by atoms with Crippen molar-refractivity contribution in [1.29, 1.82) is 0 Å². The lowest BCUT2D eigenvalue weighted by Gasteiger charge is -2.12. The number of nitrogens with zero attached hydrogens (tertiary/aromatic N) is 1. The van der Waals surface area contributed by atoms with E-state index in [0.717, 1.165) is 4.47 Å². The predicted molar refractivity (Wildman–Crippen MR) is 88.5 cm³/mol. The molecule has 0 saturated carbocycles. The smallest absolute Gasteiger partial charge is 0.150 e.